The summed E-state index contributed by atoms with van der Waals surface area (Å²) in [6, 6.07) is 3.27. The number of fused-ring (bicyclic) bond motifs is 1. The molecule has 3 aromatic rings. The van der Waals surface area contributed by atoms with E-state index in [-0.39, 0.29) is 23.7 Å². The van der Waals surface area contributed by atoms with Crippen LogP contribution >= 0.6 is 0 Å². The zero-order chi connectivity index (χ0) is 23.7. The molecule has 0 saturated carbocycles. The molecule has 0 fully saturated rings. The molecule has 1 atom stereocenters. The van der Waals surface area contributed by atoms with E-state index in [0.717, 1.165) is 41.2 Å². The molecular formula is C24H29FN6O2. The number of hydrogen-bond donors (Lipinski definition) is 1. The molecule has 0 saturated heterocycles. The fraction of sp³-hybridized carbons (Fsp3) is 0.417. The number of carbonyl (C=O) groups is 1. The highest BCUT2D eigenvalue weighted by Crippen LogP contribution is 2.35. The number of carbonyl (C=O) groups excluding carboxylic acids is 1. The SMILES string of the molecule is COc1ncc(Cn2cc(CCc3cc4c(c(C)n3)NC(=O)[C@H](C(C)C)N4C)cn2)cc1F. The minimum absolute atomic E-state index is 0.0111. The topological polar surface area (TPSA) is 85.2 Å². The molecule has 3 aromatic heterocycles. The van der Waals surface area contributed by atoms with E-state index in [1.54, 1.807) is 10.9 Å². The highest BCUT2D eigenvalue weighted by molar-refractivity contribution is 6.04. The quantitative estimate of drug-likeness (QED) is 0.592. The zero-order valence-electron chi connectivity index (χ0n) is 19.6. The minimum atomic E-state index is -0.489. The molecule has 0 unspecified atom stereocenters. The van der Waals surface area contributed by atoms with E-state index in [9.17, 15) is 9.18 Å². The second-order valence-electron chi connectivity index (χ2n) is 8.76. The number of halogens is 1. The van der Waals surface area contributed by atoms with E-state index >= 15 is 0 Å². The fourth-order valence-electron chi connectivity index (χ4n) is 4.34. The van der Waals surface area contributed by atoms with Crippen LogP contribution in [0.5, 0.6) is 5.88 Å². The summed E-state index contributed by atoms with van der Waals surface area (Å²) in [6.07, 6.45) is 6.87. The lowest BCUT2D eigenvalue weighted by atomic mass is 9.97. The third-order valence-electron chi connectivity index (χ3n) is 5.94. The average Bonchev–Trinajstić information content (AvgIpc) is 3.20. The van der Waals surface area contributed by atoms with Crippen molar-refractivity contribution in [3.8, 4) is 5.88 Å². The first-order chi connectivity index (χ1) is 15.8. The molecule has 33 heavy (non-hydrogen) atoms. The van der Waals surface area contributed by atoms with Gasteiger partial charge in [-0.25, -0.2) is 9.37 Å². The third-order valence-corrected chi connectivity index (χ3v) is 5.94. The Morgan fingerprint density at radius 2 is 2.00 bits per heavy atom. The first-order valence-electron chi connectivity index (χ1n) is 11.0. The molecule has 0 bridgehead atoms. The molecule has 1 N–H and O–H groups in total. The second kappa shape index (κ2) is 9.17. The molecular weight excluding hydrogens is 423 g/mol. The molecule has 4 heterocycles. The highest BCUT2D eigenvalue weighted by atomic mass is 19.1. The Morgan fingerprint density at radius 1 is 1.21 bits per heavy atom. The summed E-state index contributed by atoms with van der Waals surface area (Å²) in [5.41, 5.74) is 5.34. The Labute approximate surface area is 192 Å². The molecule has 0 aliphatic carbocycles. The predicted octanol–water partition coefficient (Wildman–Crippen LogP) is 3.38. The number of aromatic nitrogens is 4. The van der Waals surface area contributed by atoms with Crippen molar-refractivity contribution < 1.29 is 13.9 Å². The summed E-state index contributed by atoms with van der Waals surface area (Å²) < 4.78 is 20.5. The Balaban J connectivity index is 1.45. The van der Waals surface area contributed by atoms with Crippen LogP contribution in [-0.4, -0.2) is 45.9 Å². The van der Waals surface area contributed by atoms with Crippen LogP contribution < -0.4 is 15.0 Å². The summed E-state index contributed by atoms with van der Waals surface area (Å²) >= 11 is 0. The number of nitrogens with one attached hydrogen (secondary N) is 1. The van der Waals surface area contributed by atoms with Gasteiger partial charge in [0.1, 0.15) is 6.04 Å². The van der Waals surface area contributed by atoms with E-state index in [2.05, 4.69) is 40.2 Å². The number of hydrogen-bond acceptors (Lipinski definition) is 6. The predicted molar refractivity (Wildman–Crippen MR) is 124 cm³/mol. The first kappa shape index (κ1) is 22.7. The number of nitrogens with zero attached hydrogens (tertiary/aromatic N) is 5. The van der Waals surface area contributed by atoms with Gasteiger partial charge in [0.2, 0.25) is 11.8 Å². The molecule has 0 radical (unpaired) electrons. The Hall–Kier alpha value is -3.49. The average molecular weight is 453 g/mol. The molecule has 1 aliphatic rings. The van der Waals surface area contributed by atoms with Gasteiger partial charge in [0, 0.05) is 25.1 Å². The summed E-state index contributed by atoms with van der Waals surface area (Å²) in [4.78, 5) is 23.3. The Kier molecular flexibility index (Phi) is 6.31. The minimum Gasteiger partial charge on any atom is -0.479 e. The maximum Gasteiger partial charge on any atom is 0.250 e. The van der Waals surface area contributed by atoms with Crippen molar-refractivity contribution in [3.63, 3.8) is 0 Å². The van der Waals surface area contributed by atoms with Gasteiger partial charge in [-0.1, -0.05) is 13.8 Å². The molecule has 1 amide bonds. The van der Waals surface area contributed by atoms with Gasteiger partial charge in [-0.2, -0.15) is 5.10 Å². The maximum absolute atomic E-state index is 13.9. The summed E-state index contributed by atoms with van der Waals surface area (Å²) in [6.45, 7) is 6.45. The van der Waals surface area contributed by atoms with Crippen LogP contribution in [0.15, 0.2) is 30.7 Å². The number of methoxy groups -OCH3 is 1. The number of rotatable bonds is 7. The lowest BCUT2D eigenvalue weighted by molar-refractivity contribution is -0.118. The molecule has 0 aromatic carbocycles. The van der Waals surface area contributed by atoms with Gasteiger partial charge in [-0.05, 0) is 48.9 Å². The fourth-order valence-corrected chi connectivity index (χ4v) is 4.34. The van der Waals surface area contributed by atoms with Crippen molar-refractivity contribution in [1.82, 2.24) is 19.7 Å². The van der Waals surface area contributed by atoms with Crippen LogP contribution in [0.3, 0.4) is 0 Å². The van der Waals surface area contributed by atoms with Crippen LogP contribution in [0.1, 0.15) is 36.4 Å². The van der Waals surface area contributed by atoms with E-state index in [4.69, 9.17) is 9.72 Å². The standard InChI is InChI=1S/C24H29FN6O2/c1-14(2)22-23(32)29-21-15(3)28-18(9-20(21)30(22)4)7-6-16-11-27-31(12-16)13-17-8-19(25)24(33-5)26-10-17/h8-12,14,22H,6-7,13H2,1-5H3,(H,29,32)/t22-/m0/s1. The van der Waals surface area contributed by atoms with Crippen molar-refractivity contribution in [2.45, 2.75) is 46.2 Å². The smallest absolute Gasteiger partial charge is 0.250 e. The number of likely N-dealkylation sites (N-methyl/N-ethyl adjacent to an activating group) is 1. The van der Waals surface area contributed by atoms with Crippen LogP contribution in [0.2, 0.25) is 0 Å². The van der Waals surface area contributed by atoms with E-state index in [0.29, 0.717) is 12.1 Å². The number of aryl methyl sites for hydroxylation is 3. The normalized spacial score (nSPS) is 15.5. The molecule has 9 heteroatoms. The second-order valence-corrected chi connectivity index (χ2v) is 8.76. The van der Waals surface area contributed by atoms with Gasteiger partial charge in [-0.15, -0.1) is 0 Å². The summed E-state index contributed by atoms with van der Waals surface area (Å²) in [7, 11) is 3.35. The van der Waals surface area contributed by atoms with Crippen LogP contribution in [0, 0.1) is 18.7 Å². The van der Waals surface area contributed by atoms with Crippen LogP contribution in [-0.2, 0) is 24.2 Å². The molecule has 4 rings (SSSR count). The zero-order valence-corrected chi connectivity index (χ0v) is 19.6. The van der Waals surface area contributed by atoms with Gasteiger partial charge < -0.3 is 15.0 Å². The maximum atomic E-state index is 13.9. The molecule has 174 valence electrons. The first-order valence-corrected chi connectivity index (χ1v) is 11.0. The number of pyridine rings is 2. The summed E-state index contributed by atoms with van der Waals surface area (Å²) in [5.74, 6) is -0.299. The summed E-state index contributed by atoms with van der Waals surface area (Å²) in [5, 5.41) is 7.43. The van der Waals surface area contributed by atoms with Crippen molar-refractivity contribution in [1.29, 1.82) is 0 Å². The van der Waals surface area contributed by atoms with E-state index in [1.807, 2.05) is 26.4 Å². The lowest BCUT2D eigenvalue weighted by Gasteiger charge is -2.38. The van der Waals surface area contributed by atoms with E-state index in [1.165, 1.54) is 13.2 Å². The highest BCUT2D eigenvalue weighted by Gasteiger charge is 2.34. The molecule has 8 nitrogen and oxygen atoms in total. The van der Waals surface area contributed by atoms with Crippen LogP contribution in [0.25, 0.3) is 0 Å². The Morgan fingerprint density at radius 3 is 2.70 bits per heavy atom. The van der Waals surface area contributed by atoms with Gasteiger partial charge in [0.25, 0.3) is 0 Å². The van der Waals surface area contributed by atoms with Gasteiger partial charge in [0.15, 0.2) is 5.82 Å². The van der Waals surface area contributed by atoms with E-state index < -0.39 is 5.82 Å². The number of ether oxygens (including phenoxy) is 1. The number of anilines is 2. The van der Waals surface area contributed by atoms with Crippen molar-refractivity contribution in [2.24, 2.45) is 5.92 Å². The lowest BCUT2D eigenvalue weighted by Crippen LogP contribution is -2.49. The van der Waals surface area contributed by atoms with Crippen molar-refractivity contribution in [3.05, 3.63) is 59.1 Å². The van der Waals surface area contributed by atoms with Gasteiger partial charge in [0.05, 0.1) is 36.9 Å². The van der Waals surface area contributed by atoms with Gasteiger partial charge >= 0.3 is 0 Å². The van der Waals surface area contributed by atoms with Gasteiger partial charge in [-0.3, -0.25) is 14.5 Å². The van der Waals surface area contributed by atoms with Crippen molar-refractivity contribution >= 4 is 17.3 Å². The molecule has 1 aliphatic heterocycles. The number of amides is 1. The Bertz CT molecular complexity index is 1180. The third kappa shape index (κ3) is 4.67. The largest absolute Gasteiger partial charge is 0.479 e. The molecule has 0 spiro atoms. The monoisotopic (exact) mass is 452 g/mol. The van der Waals surface area contributed by atoms with Crippen molar-refractivity contribution in [2.75, 3.05) is 24.4 Å². The van der Waals surface area contributed by atoms with Crippen LogP contribution in [0.4, 0.5) is 15.8 Å².